The maximum atomic E-state index is 5.22. The standard InChI is InChI=1S/C6H21N7/c7-1-9-3-11-5-13-6-12-4-10-2-8/h9-13H,1-8H2. The monoisotopic (exact) mass is 191 g/mol. The van der Waals surface area contributed by atoms with Gasteiger partial charge in [0, 0.05) is 40.0 Å². The summed E-state index contributed by atoms with van der Waals surface area (Å²) in [6.07, 6.45) is 0. The van der Waals surface area contributed by atoms with Crippen LogP contribution in [0.15, 0.2) is 0 Å². The van der Waals surface area contributed by atoms with E-state index >= 15 is 0 Å². The SMILES string of the molecule is NCNCNCNCNCNCN. The number of nitrogens with two attached hydrogens (primary N) is 2. The highest BCUT2D eigenvalue weighted by atomic mass is 15.2. The van der Waals surface area contributed by atoms with E-state index in [1.165, 1.54) is 0 Å². The van der Waals surface area contributed by atoms with Gasteiger partial charge in [-0.2, -0.15) is 0 Å². The average molecular weight is 191 g/mol. The van der Waals surface area contributed by atoms with Gasteiger partial charge in [-0.05, 0) is 0 Å². The molecule has 0 aliphatic carbocycles. The van der Waals surface area contributed by atoms with E-state index in [0.29, 0.717) is 26.7 Å². The first kappa shape index (κ1) is 12.7. The van der Waals surface area contributed by atoms with Crippen molar-refractivity contribution in [3.63, 3.8) is 0 Å². The Morgan fingerprint density at radius 2 is 0.846 bits per heavy atom. The quantitative estimate of drug-likeness (QED) is 0.142. The zero-order valence-corrected chi connectivity index (χ0v) is 7.90. The summed E-state index contributed by atoms with van der Waals surface area (Å²) < 4.78 is 0. The van der Waals surface area contributed by atoms with Crippen molar-refractivity contribution in [1.29, 1.82) is 0 Å². The molecule has 0 bridgehead atoms. The zero-order chi connectivity index (χ0) is 9.78. The second kappa shape index (κ2) is 11.7. The molecule has 7 nitrogen and oxygen atoms in total. The van der Waals surface area contributed by atoms with Crippen LogP contribution in [0.3, 0.4) is 0 Å². The van der Waals surface area contributed by atoms with E-state index in [-0.39, 0.29) is 0 Å². The molecule has 0 unspecified atom stereocenters. The first-order chi connectivity index (χ1) is 6.41. The Morgan fingerprint density at radius 3 is 1.15 bits per heavy atom. The molecule has 0 atom stereocenters. The molecule has 13 heavy (non-hydrogen) atoms. The van der Waals surface area contributed by atoms with Crippen molar-refractivity contribution < 1.29 is 0 Å². The van der Waals surface area contributed by atoms with E-state index < -0.39 is 0 Å². The fourth-order valence-electron chi connectivity index (χ4n) is 0.685. The molecule has 0 spiro atoms. The van der Waals surface area contributed by atoms with E-state index in [0.717, 1.165) is 13.3 Å². The van der Waals surface area contributed by atoms with Gasteiger partial charge < -0.3 is 11.5 Å². The van der Waals surface area contributed by atoms with Crippen LogP contribution in [0, 0.1) is 0 Å². The Hall–Kier alpha value is -0.280. The largest absolute Gasteiger partial charge is 0.318 e. The third kappa shape index (κ3) is 11.7. The van der Waals surface area contributed by atoms with Crippen molar-refractivity contribution in [2.45, 2.75) is 0 Å². The molecule has 0 heterocycles. The molecule has 0 amide bonds. The van der Waals surface area contributed by atoms with Gasteiger partial charge in [-0.15, -0.1) is 0 Å². The van der Waals surface area contributed by atoms with E-state index in [4.69, 9.17) is 11.5 Å². The molecular weight excluding hydrogens is 170 g/mol. The molecule has 0 aromatic heterocycles. The summed E-state index contributed by atoms with van der Waals surface area (Å²) in [7, 11) is 0. The number of nitrogens with one attached hydrogen (secondary N) is 5. The van der Waals surface area contributed by atoms with Crippen LogP contribution in [0.5, 0.6) is 0 Å². The first-order valence-electron chi connectivity index (χ1n) is 4.35. The molecule has 0 saturated heterocycles. The van der Waals surface area contributed by atoms with Crippen molar-refractivity contribution >= 4 is 0 Å². The fraction of sp³-hybridized carbons (Fsp3) is 1.00. The van der Waals surface area contributed by atoms with Gasteiger partial charge in [0.2, 0.25) is 0 Å². The van der Waals surface area contributed by atoms with Crippen LogP contribution >= 0.6 is 0 Å². The molecule has 0 fully saturated rings. The summed E-state index contributed by atoms with van der Waals surface area (Å²) in [4.78, 5) is 0. The third-order valence-corrected chi connectivity index (χ3v) is 1.29. The van der Waals surface area contributed by atoms with Crippen molar-refractivity contribution in [3.8, 4) is 0 Å². The summed E-state index contributed by atoms with van der Waals surface area (Å²) in [5.74, 6) is 0. The average Bonchev–Trinajstić information content (AvgIpc) is 2.16. The van der Waals surface area contributed by atoms with Gasteiger partial charge in [0.1, 0.15) is 0 Å². The van der Waals surface area contributed by atoms with Crippen LogP contribution in [0.1, 0.15) is 0 Å². The number of hydrogen-bond donors (Lipinski definition) is 7. The van der Waals surface area contributed by atoms with Gasteiger partial charge in [0.25, 0.3) is 0 Å². The lowest BCUT2D eigenvalue weighted by Crippen LogP contribution is -2.43. The fourth-order valence-corrected chi connectivity index (χ4v) is 0.685. The van der Waals surface area contributed by atoms with E-state index in [1.807, 2.05) is 0 Å². The first-order valence-corrected chi connectivity index (χ1v) is 4.35. The molecular formula is C6H21N7. The van der Waals surface area contributed by atoms with Crippen LogP contribution < -0.4 is 38.1 Å². The van der Waals surface area contributed by atoms with Crippen LogP contribution in [0.4, 0.5) is 0 Å². The summed E-state index contributed by atoms with van der Waals surface area (Å²) >= 11 is 0. The highest BCUT2D eigenvalue weighted by Gasteiger charge is 1.84. The Kier molecular flexibility index (Phi) is 11.5. The number of hydrogen-bond acceptors (Lipinski definition) is 7. The summed E-state index contributed by atoms with van der Waals surface area (Å²) in [5, 5.41) is 15.2. The number of rotatable bonds is 10. The summed E-state index contributed by atoms with van der Waals surface area (Å²) in [6.45, 7) is 3.89. The highest BCUT2D eigenvalue weighted by molar-refractivity contribution is 4.44. The lowest BCUT2D eigenvalue weighted by atomic mass is 10.8. The van der Waals surface area contributed by atoms with Crippen molar-refractivity contribution in [2.75, 3.05) is 40.0 Å². The van der Waals surface area contributed by atoms with Gasteiger partial charge in [-0.25, -0.2) is 0 Å². The van der Waals surface area contributed by atoms with Crippen LogP contribution in [0.2, 0.25) is 0 Å². The normalized spacial score (nSPS) is 10.6. The molecule has 80 valence electrons. The molecule has 0 aliphatic heterocycles. The van der Waals surface area contributed by atoms with Crippen molar-refractivity contribution in [1.82, 2.24) is 26.6 Å². The second-order valence-corrected chi connectivity index (χ2v) is 2.37. The van der Waals surface area contributed by atoms with E-state index in [2.05, 4.69) is 26.6 Å². The van der Waals surface area contributed by atoms with Crippen LogP contribution in [-0.2, 0) is 0 Å². The van der Waals surface area contributed by atoms with Crippen molar-refractivity contribution in [3.05, 3.63) is 0 Å². The molecule has 0 rings (SSSR count). The van der Waals surface area contributed by atoms with Gasteiger partial charge in [0.05, 0.1) is 0 Å². The minimum Gasteiger partial charge on any atom is -0.318 e. The summed E-state index contributed by atoms with van der Waals surface area (Å²) in [5.41, 5.74) is 10.4. The second-order valence-electron chi connectivity index (χ2n) is 2.37. The third-order valence-electron chi connectivity index (χ3n) is 1.29. The topological polar surface area (TPSA) is 112 Å². The van der Waals surface area contributed by atoms with E-state index in [9.17, 15) is 0 Å². The predicted molar refractivity (Wildman–Crippen MR) is 53.3 cm³/mol. The molecule has 7 heteroatoms. The Labute approximate surface area is 79.0 Å². The molecule has 9 N–H and O–H groups in total. The van der Waals surface area contributed by atoms with Gasteiger partial charge in [-0.1, -0.05) is 0 Å². The van der Waals surface area contributed by atoms with Gasteiger partial charge >= 0.3 is 0 Å². The lowest BCUT2D eigenvalue weighted by Gasteiger charge is -2.08. The Bertz CT molecular complexity index is 79.1. The predicted octanol–water partition coefficient (Wildman–Crippen LogP) is -3.40. The highest BCUT2D eigenvalue weighted by Crippen LogP contribution is 1.51. The Morgan fingerprint density at radius 1 is 0.538 bits per heavy atom. The van der Waals surface area contributed by atoms with Gasteiger partial charge in [-0.3, -0.25) is 26.6 Å². The summed E-state index contributed by atoms with van der Waals surface area (Å²) in [6, 6.07) is 0. The van der Waals surface area contributed by atoms with Crippen molar-refractivity contribution in [2.24, 2.45) is 11.5 Å². The minimum atomic E-state index is 0.492. The Balaban J connectivity index is 2.76. The maximum Gasteiger partial charge on any atom is 0.0474 e. The lowest BCUT2D eigenvalue weighted by molar-refractivity contribution is 0.494. The maximum absolute atomic E-state index is 5.22. The molecule has 0 aliphatic rings. The molecule has 0 aromatic carbocycles. The zero-order valence-electron chi connectivity index (χ0n) is 7.90. The van der Waals surface area contributed by atoms with Crippen LogP contribution in [0.25, 0.3) is 0 Å². The minimum absolute atomic E-state index is 0.492. The van der Waals surface area contributed by atoms with E-state index in [1.54, 1.807) is 0 Å². The molecule has 0 saturated carbocycles. The molecule has 0 aromatic rings. The molecule has 0 radical (unpaired) electrons. The van der Waals surface area contributed by atoms with Crippen LogP contribution in [-0.4, -0.2) is 40.0 Å². The smallest absolute Gasteiger partial charge is 0.0474 e. The van der Waals surface area contributed by atoms with Gasteiger partial charge in [0.15, 0.2) is 0 Å².